The number of benzene rings is 1. The monoisotopic (exact) mass is 318 g/mol. The molecule has 6 heteroatoms. The summed E-state index contributed by atoms with van der Waals surface area (Å²) in [7, 11) is 0. The van der Waals surface area contributed by atoms with Gasteiger partial charge in [0.05, 0.1) is 6.54 Å². The van der Waals surface area contributed by atoms with Gasteiger partial charge in [0.15, 0.2) is 0 Å². The molecule has 6 nitrogen and oxygen atoms in total. The van der Waals surface area contributed by atoms with E-state index in [0.29, 0.717) is 12.1 Å². The predicted molar refractivity (Wildman–Crippen MR) is 89.8 cm³/mol. The van der Waals surface area contributed by atoms with Crippen LogP contribution in [0.2, 0.25) is 0 Å². The van der Waals surface area contributed by atoms with Crippen LogP contribution >= 0.6 is 0 Å². The number of hydrogen-bond acceptors (Lipinski definition) is 4. The van der Waals surface area contributed by atoms with Crippen molar-refractivity contribution in [2.24, 2.45) is 5.73 Å². The molecular weight excluding hydrogens is 292 g/mol. The Kier molecular flexibility index (Phi) is 6.12. The number of likely N-dealkylation sites (tertiary alicyclic amines) is 1. The van der Waals surface area contributed by atoms with E-state index in [2.05, 4.69) is 46.3 Å². The Hall–Kier alpha value is -1.92. The first-order valence-electron chi connectivity index (χ1n) is 8.13. The molecule has 1 aromatic rings. The molecule has 0 aliphatic carbocycles. The molecule has 0 saturated carbocycles. The molecule has 0 unspecified atom stereocenters. The van der Waals surface area contributed by atoms with E-state index in [9.17, 15) is 9.59 Å². The summed E-state index contributed by atoms with van der Waals surface area (Å²) in [5.74, 6) is -0.339. The minimum atomic E-state index is -0.795. The van der Waals surface area contributed by atoms with Crippen LogP contribution in [0.4, 0.5) is 4.79 Å². The first-order valence-corrected chi connectivity index (χ1v) is 8.13. The molecule has 3 N–H and O–H groups in total. The molecule has 0 aromatic heterocycles. The van der Waals surface area contributed by atoms with E-state index in [1.165, 1.54) is 5.56 Å². The van der Waals surface area contributed by atoms with Crippen LogP contribution in [0, 0.1) is 0 Å². The lowest BCUT2D eigenvalue weighted by atomic mass is 10.1. The zero-order valence-electron chi connectivity index (χ0n) is 13.9. The van der Waals surface area contributed by atoms with Gasteiger partial charge in [-0.15, -0.1) is 0 Å². The van der Waals surface area contributed by atoms with Gasteiger partial charge in [-0.25, -0.2) is 4.79 Å². The number of imide groups is 1. The molecule has 0 spiro atoms. The van der Waals surface area contributed by atoms with Crippen molar-refractivity contribution in [1.29, 1.82) is 0 Å². The molecule has 1 aliphatic rings. The molecule has 2 atom stereocenters. The summed E-state index contributed by atoms with van der Waals surface area (Å²) in [5, 5.41) is 2.14. The third-order valence-corrected chi connectivity index (χ3v) is 4.56. The van der Waals surface area contributed by atoms with Gasteiger partial charge in [-0.05, 0) is 25.5 Å². The first-order chi connectivity index (χ1) is 11.0. The van der Waals surface area contributed by atoms with Gasteiger partial charge < -0.3 is 5.73 Å². The average molecular weight is 318 g/mol. The number of likely N-dealkylation sites (N-methyl/N-ethyl adjacent to an activating group) is 1. The third kappa shape index (κ3) is 4.77. The van der Waals surface area contributed by atoms with E-state index in [-0.39, 0.29) is 12.5 Å². The highest BCUT2D eigenvalue weighted by Gasteiger charge is 2.30. The number of nitrogens with one attached hydrogen (secondary N) is 1. The largest absolute Gasteiger partial charge is 0.351 e. The number of nitrogens with zero attached hydrogens (tertiary/aromatic N) is 2. The van der Waals surface area contributed by atoms with E-state index in [4.69, 9.17) is 5.73 Å². The Bertz CT molecular complexity index is 535. The molecule has 0 radical (unpaired) electrons. The van der Waals surface area contributed by atoms with Crippen LogP contribution in [-0.4, -0.2) is 54.0 Å². The molecule has 23 heavy (non-hydrogen) atoms. The van der Waals surface area contributed by atoms with Crippen molar-refractivity contribution in [2.75, 3.05) is 26.2 Å². The van der Waals surface area contributed by atoms with Crippen molar-refractivity contribution in [3.05, 3.63) is 35.9 Å². The molecule has 1 heterocycles. The Labute approximate surface area is 137 Å². The molecule has 1 saturated heterocycles. The summed E-state index contributed by atoms with van der Waals surface area (Å²) in [4.78, 5) is 27.1. The summed E-state index contributed by atoms with van der Waals surface area (Å²) in [6.07, 6.45) is 1.02. The van der Waals surface area contributed by atoms with Gasteiger partial charge in [0.25, 0.3) is 0 Å². The molecule has 126 valence electrons. The van der Waals surface area contributed by atoms with E-state index in [1.54, 1.807) is 0 Å². The zero-order valence-corrected chi connectivity index (χ0v) is 13.9. The third-order valence-electron chi connectivity index (χ3n) is 4.56. The van der Waals surface area contributed by atoms with E-state index >= 15 is 0 Å². The smallest absolute Gasteiger partial charge is 0.318 e. The second-order valence-electron chi connectivity index (χ2n) is 6.00. The predicted octanol–water partition coefficient (Wildman–Crippen LogP) is 1.34. The Morgan fingerprint density at radius 2 is 2.09 bits per heavy atom. The Morgan fingerprint density at radius 1 is 1.39 bits per heavy atom. The first kappa shape index (κ1) is 17.4. The summed E-state index contributed by atoms with van der Waals surface area (Å²) in [6.45, 7) is 7.15. The normalized spacial score (nSPS) is 19.7. The molecule has 3 amide bonds. The highest BCUT2D eigenvalue weighted by Crippen LogP contribution is 2.26. The zero-order chi connectivity index (χ0) is 16.8. The van der Waals surface area contributed by atoms with Gasteiger partial charge in [0.2, 0.25) is 5.91 Å². The molecule has 1 aromatic carbocycles. The molecule has 1 fully saturated rings. The second-order valence-corrected chi connectivity index (χ2v) is 6.00. The van der Waals surface area contributed by atoms with Crippen molar-refractivity contribution in [1.82, 2.24) is 15.1 Å². The van der Waals surface area contributed by atoms with Crippen LogP contribution in [0.1, 0.15) is 31.9 Å². The van der Waals surface area contributed by atoms with Crippen LogP contribution in [0.25, 0.3) is 0 Å². The molecular formula is C17H26N4O2. The number of hydrogen-bond donors (Lipinski definition) is 2. The number of urea groups is 1. The van der Waals surface area contributed by atoms with Crippen LogP contribution in [-0.2, 0) is 4.79 Å². The van der Waals surface area contributed by atoms with Crippen molar-refractivity contribution in [3.63, 3.8) is 0 Å². The minimum Gasteiger partial charge on any atom is -0.351 e. The maximum absolute atomic E-state index is 11.7. The highest BCUT2D eigenvalue weighted by molar-refractivity contribution is 5.94. The van der Waals surface area contributed by atoms with Gasteiger partial charge in [0.1, 0.15) is 0 Å². The van der Waals surface area contributed by atoms with Crippen LogP contribution in [0.3, 0.4) is 0 Å². The number of carbonyl (C=O) groups is 2. The standard InChI is InChI=1S/C17H26N4O2/c1-3-20(12-16(22)19-17(18)23)15-9-10-21(11-15)13(2)14-7-5-4-6-8-14/h4-8,13,15H,3,9-12H2,1-2H3,(H3,18,19,22,23)/t13-,15+/m0/s1. The number of rotatable bonds is 6. The van der Waals surface area contributed by atoms with E-state index in [0.717, 1.165) is 26.1 Å². The maximum Gasteiger partial charge on any atom is 0.318 e. The quantitative estimate of drug-likeness (QED) is 0.829. The number of primary amides is 1. The van der Waals surface area contributed by atoms with Crippen molar-refractivity contribution in [2.45, 2.75) is 32.4 Å². The van der Waals surface area contributed by atoms with E-state index < -0.39 is 6.03 Å². The molecule has 0 bridgehead atoms. The Balaban J connectivity index is 1.92. The summed E-state index contributed by atoms with van der Waals surface area (Å²) in [6, 6.07) is 10.3. The van der Waals surface area contributed by atoms with Crippen molar-refractivity contribution in [3.8, 4) is 0 Å². The SMILES string of the molecule is CCN(CC(=O)NC(N)=O)[C@@H]1CCN([C@@H](C)c2ccccc2)C1. The van der Waals surface area contributed by atoms with Crippen molar-refractivity contribution >= 4 is 11.9 Å². The topological polar surface area (TPSA) is 78.7 Å². The van der Waals surface area contributed by atoms with Gasteiger partial charge in [0, 0.05) is 25.2 Å². The molecule has 1 aliphatic heterocycles. The number of nitrogens with two attached hydrogens (primary N) is 1. The van der Waals surface area contributed by atoms with Gasteiger partial charge in [-0.3, -0.25) is 19.9 Å². The summed E-state index contributed by atoms with van der Waals surface area (Å²) < 4.78 is 0. The lowest BCUT2D eigenvalue weighted by Gasteiger charge is -2.29. The van der Waals surface area contributed by atoms with E-state index in [1.807, 2.05) is 13.0 Å². The fraction of sp³-hybridized carbons (Fsp3) is 0.529. The van der Waals surface area contributed by atoms with Crippen molar-refractivity contribution < 1.29 is 9.59 Å². The lowest BCUT2D eigenvalue weighted by Crippen LogP contribution is -2.46. The van der Waals surface area contributed by atoms with Gasteiger partial charge >= 0.3 is 6.03 Å². The van der Waals surface area contributed by atoms with Crippen LogP contribution in [0.5, 0.6) is 0 Å². The fourth-order valence-corrected chi connectivity index (χ4v) is 3.22. The lowest BCUT2D eigenvalue weighted by molar-refractivity contribution is -0.121. The fourth-order valence-electron chi connectivity index (χ4n) is 3.22. The molecule has 2 rings (SSSR count). The number of amides is 3. The maximum atomic E-state index is 11.7. The highest BCUT2D eigenvalue weighted by atomic mass is 16.2. The van der Waals surface area contributed by atoms with Crippen LogP contribution < -0.4 is 11.1 Å². The summed E-state index contributed by atoms with van der Waals surface area (Å²) >= 11 is 0. The second kappa shape index (κ2) is 8.08. The minimum absolute atomic E-state index is 0.206. The van der Waals surface area contributed by atoms with Crippen LogP contribution in [0.15, 0.2) is 30.3 Å². The summed E-state index contributed by atoms with van der Waals surface area (Å²) in [5.41, 5.74) is 6.30. The van der Waals surface area contributed by atoms with Gasteiger partial charge in [-0.2, -0.15) is 0 Å². The average Bonchev–Trinajstić information content (AvgIpc) is 3.01. The number of carbonyl (C=O) groups excluding carboxylic acids is 2. The Morgan fingerprint density at radius 3 is 2.70 bits per heavy atom. The van der Waals surface area contributed by atoms with Gasteiger partial charge in [-0.1, -0.05) is 37.3 Å².